The summed E-state index contributed by atoms with van der Waals surface area (Å²) < 4.78 is 0. The van der Waals surface area contributed by atoms with Crippen LogP contribution in [0.15, 0.2) is 18.5 Å². The molecule has 0 spiro atoms. The lowest BCUT2D eigenvalue weighted by Crippen LogP contribution is -2.42. The van der Waals surface area contributed by atoms with E-state index in [2.05, 4.69) is 16.2 Å². The van der Waals surface area contributed by atoms with Crippen molar-refractivity contribution >= 4 is 5.91 Å². The Labute approximate surface area is 88.3 Å². The SMILES string of the molecule is C#CC(C)(C)NC(=O)c1ccncc1O. The molecule has 0 bridgehead atoms. The molecule has 2 N–H and O–H groups in total. The maximum Gasteiger partial charge on any atom is 0.256 e. The summed E-state index contributed by atoms with van der Waals surface area (Å²) in [5, 5.41) is 12.0. The molecule has 0 atom stereocenters. The molecular formula is C11H12N2O2. The summed E-state index contributed by atoms with van der Waals surface area (Å²) in [6, 6.07) is 1.43. The van der Waals surface area contributed by atoms with Crippen molar-refractivity contribution < 1.29 is 9.90 Å². The van der Waals surface area contributed by atoms with Crippen molar-refractivity contribution in [2.75, 3.05) is 0 Å². The van der Waals surface area contributed by atoms with Gasteiger partial charge in [-0.2, -0.15) is 0 Å². The first kappa shape index (κ1) is 11.1. The molecule has 0 unspecified atom stereocenters. The highest BCUT2D eigenvalue weighted by Gasteiger charge is 2.19. The molecule has 0 saturated carbocycles. The largest absolute Gasteiger partial charge is 0.505 e. The van der Waals surface area contributed by atoms with Crippen LogP contribution in [0.5, 0.6) is 5.75 Å². The monoisotopic (exact) mass is 204 g/mol. The first-order valence-electron chi connectivity index (χ1n) is 4.39. The van der Waals surface area contributed by atoms with E-state index in [-0.39, 0.29) is 11.3 Å². The maximum absolute atomic E-state index is 11.6. The zero-order valence-electron chi connectivity index (χ0n) is 8.61. The van der Waals surface area contributed by atoms with Crippen molar-refractivity contribution in [1.29, 1.82) is 0 Å². The van der Waals surface area contributed by atoms with Crippen LogP contribution in [0.25, 0.3) is 0 Å². The predicted octanol–water partition coefficient (Wildman–Crippen LogP) is 0.929. The van der Waals surface area contributed by atoms with Crippen LogP contribution in [0.3, 0.4) is 0 Å². The van der Waals surface area contributed by atoms with E-state index in [1.807, 2.05) is 0 Å². The van der Waals surface area contributed by atoms with Crippen molar-refractivity contribution in [3.05, 3.63) is 24.0 Å². The van der Waals surface area contributed by atoms with E-state index >= 15 is 0 Å². The van der Waals surface area contributed by atoms with Crippen LogP contribution >= 0.6 is 0 Å². The van der Waals surface area contributed by atoms with Gasteiger partial charge in [-0.1, -0.05) is 5.92 Å². The van der Waals surface area contributed by atoms with Crippen LogP contribution in [0, 0.1) is 12.3 Å². The highest BCUT2D eigenvalue weighted by atomic mass is 16.3. The van der Waals surface area contributed by atoms with Crippen molar-refractivity contribution in [3.8, 4) is 18.1 Å². The lowest BCUT2D eigenvalue weighted by Gasteiger charge is -2.19. The third-order valence-corrected chi connectivity index (χ3v) is 1.83. The third-order valence-electron chi connectivity index (χ3n) is 1.83. The number of pyridine rings is 1. The van der Waals surface area contributed by atoms with Gasteiger partial charge < -0.3 is 10.4 Å². The van der Waals surface area contributed by atoms with E-state index in [1.54, 1.807) is 13.8 Å². The summed E-state index contributed by atoms with van der Waals surface area (Å²) in [6.45, 7) is 3.40. The Hall–Kier alpha value is -2.02. The number of hydrogen-bond donors (Lipinski definition) is 2. The van der Waals surface area contributed by atoms with Gasteiger partial charge in [0.2, 0.25) is 0 Å². The highest BCUT2D eigenvalue weighted by molar-refractivity contribution is 5.97. The average Bonchev–Trinajstić information content (AvgIpc) is 2.17. The molecule has 1 heterocycles. The minimum Gasteiger partial charge on any atom is -0.505 e. The first-order valence-corrected chi connectivity index (χ1v) is 4.39. The Morgan fingerprint density at radius 1 is 1.67 bits per heavy atom. The van der Waals surface area contributed by atoms with E-state index in [0.29, 0.717) is 0 Å². The van der Waals surface area contributed by atoms with Gasteiger partial charge in [-0.25, -0.2) is 0 Å². The van der Waals surface area contributed by atoms with E-state index in [1.165, 1.54) is 18.5 Å². The van der Waals surface area contributed by atoms with E-state index in [0.717, 1.165) is 0 Å². The Bertz CT molecular complexity index is 419. The van der Waals surface area contributed by atoms with Gasteiger partial charge in [0, 0.05) is 6.20 Å². The second kappa shape index (κ2) is 4.01. The Morgan fingerprint density at radius 2 is 2.33 bits per heavy atom. The molecule has 1 aromatic heterocycles. The molecule has 15 heavy (non-hydrogen) atoms. The van der Waals surface area contributed by atoms with Gasteiger partial charge in [0.05, 0.1) is 17.3 Å². The van der Waals surface area contributed by atoms with Crippen molar-refractivity contribution in [2.45, 2.75) is 19.4 Å². The van der Waals surface area contributed by atoms with Gasteiger partial charge in [-0.3, -0.25) is 9.78 Å². The number of nitrogens with one attached hydrogen (secondary N) is 1. The molecule has 0 radical (unpaired) electrons. The molecule has 0 aliphatic rings. The smallest absolute Gasteiger partial charge is 0.256 e. The number of carbonyl (C=O) groups is 1. The van der Waals surface area contributed by atoms with Gasteiger partial charge in [0.15, 0.2) is 0 Å². The molecular weight excluding hydrogens is 192 g/mol. The summed E-state index contributed by atoms with van der Waals surface area (Å²) >= 11 is 0. The number of amides is 1. The second-order valence-corrected chi connectivity index (χ2v) is 3.62. The summed E-state index contributed by atoms with van der Waals surface area (Å²) in [5.41, 5.74) is -0.583. The van der Waals surface area contributed by atoms with E-state index < -0.39 is 11.4 Å². The number of nitrogens with zero attached hydrogens (tertiary/aromatic N) is 1. The van der Waals surface area contributed by atoms with Crippen LogP contribution in [0.4, 0.5) is 0 Å². The van der Waals surface area contributed by atoms with Crippen LogP contribution in [-0.2, 0) is 0 Å². The standard InChI is InChI=1S/C11H12N2O2/c1-4-11(2,3)13-10(15)8-5-6-12-7-9(8)14/h1,5-7,14H,2-3H3,(H,13,15). The number of aromatic hydroxyl groups is 1. The highest BCUT2D eigenvalue weighted by Crippen LogP contribution is 2.14. The number of carbonyl (C=O) groups excluding carboxylic acids is 1. The van der Waals surface area contributed by atoms with Crippen molar-refractivity contribution in [3.63, 3.8) is 0 Å². The van der Waals surface area contributed by atoms with E-state index in [9.17, 15) is 9.90 Å². The number of hydrogen-bond acceptors (Lipinski definition) is 3. The lowest BCUT2D eigenvalue weighted by atomic mass is 10.1. The van der Waals surface area contributed by atoms with Crippen LogP contribution < -0.4 is 5.32 Å². The van der Waals surface area contributed by atoms with Gasteiger partial charge >= 0.3 is 0 Å². The normalized spacial score (nSPS) is 10.5. The summed E-state index contributed by atoms with van der Waals surface area (Å²) in [6.07, 6.45) is 7.87. The summed E-state index contributed by atoms with van der Waals surface area (Å²) in [4.78, 5) is 15.3. The number of aromatic nitrogens is 1. The van der Waals surface area contributed by atoms with Crippen molar-refractivity contribution in [1.82, 2.24) is 10.3 Å². The van der Waals surface area contributed by atoms with Gasteiger partial charge in [0.1, 0.15) is 5.75 Å². The molecule has 1 amide bonds. The average molecular weight is 204 g/mol. The maximum atomic E-state index is 11.6. The Kier molecular flexibility index (Phi) is 2.96. The third kappa shape index (κ3) is 2.71. The zero-order chi connectivity index (χ0) is 11.5. The fourth-order valence-electron chi connectivity index (χ4n) is 0.965. The van der Waals surface area contributed by atoms with Gasteiger partial charge in [-0.15, -0.1) is 6.42 Å². The first-order chi connectivity index (χ1) is 6.96. The topological polar surface area (TPSA) is 62.2 Å². The molecule has 1 rings (SSSR count). The molecule has 4 heteroatoms. The van der Waals surface area contributed by atoms with Crippen molar-refractivity contribution in [2.24, 2.45) is 0 Å². The minimum absolute atomic E-state index is 0.160. The fraction of sp³-hybridized carbons (Fsp3) is 0.273. The minimum atomic E-state index is -0.743. The second-order valence-electron chi connectivity index (χ2n) is 3.62. The quantitative estimate of drug-likeness (QED) is 0.704. The molecule has 0 fully saturated rings. The van der Waals surface area contributed by atoms with Crippen LogP contribution in [-0.4, -0.2) is 21.5 Å². The molecule has 0 aliphatic carbocycles. The lowest BCUT2D eigenvalue weighted by molar-refractivity contribution is 0.0927. The Morgan fingerprint density at radius 3 is 2.87 bits per heavy atom. The number of rotatable bonds is 2. The molecule has 0 aliphatic heterocycles. The Balaban J connectivity index is 2.89. The molecule has 0 saturated heterocycles. The fourth-order valence-corrected chi connectivity index (χ4v) is 0.965. The molecule has 0 aromatic carbocycles. The predicted molar refractivity (Wildman–Crippen MR) is 56.3 cm³/mol. The summed E-state index contributed by atoms with van der Waals surface area (Å²) in [7, 11) is 0. The summed E-state index contributed by atoms with van der Waals surface area (Å²) in [5.74, 6) is 1.85. The van der Waals surface area contributed by atoms with Crippen LogP contribution in [0.1, 0.15) is 24.2 Å². The molecule has 1 aromatic rings. The van der Waals surface area contributed by atoms with Crippen LogP contribution in [0.2, 0.25) is 0 Å². The molecule has 4 nitrogen and oxygen atoms in total. The van der Waals surface area contributed by atoms with E-state index in [4.69, 9.17) is 6.42 Å². The van der Waals surface area contributed by atoms with Gasteiger partial charge in [0.25, 0.3) is 5.91 Å². The zero-order valence-corrected chi connectivity index (χ0v) is 8.61. The number of terminal acetylenes is 1. The molecule has 78 valence electrons. The van der Waals surface area contributed by atoms with Gasteiger partial charge in [-0.05, 0) is 19.9 Å².